The lowest BCUT2D eigenvalue weighted by atomic mass is 9.73. The summed E-state index contributed by atoms with van der Waals surface area (Å²) in [5.74, 6) is 1.06. The van der Waals surface area contributed by atoms with Gasteiger partial charge in [-0.1, -0.05) is 30.3 Å². The molecule has 2 aliphatic rings. The van der Waals surface area contributed by atoms with Crippen LogP contribution in [0.3, 0.4) is 0 Å². The zero-order valence-corrected chi connectivity index (χ0v) is 13.9. The molecule has 0 amide bonds. The van der Waals surface area contributed by atoms with Crippen LogP contribution < -0.4 is 0 Å². The van der Waals surface area contributed by atoms with Crippen molar-refractivity contribution in [1.82, 2.24) is 9.88 Å². The number of ketones is 1. The molecule has 1 fully saturated rings. The number of Topliss-reactive ketones (excluding diaryl/α,β-unsaturated/α-hetero) is 1. The van der Waals surface area contributed by atoms with Crippen molar-refractivity contribution in [3.8, 4) is 0 Å². The SMILES string of the molecule is Cc1[nH]c2c(c1C)C(=O)[C@@H]1CN(Cc3ccccc3)CC[C@H]1C2. The summed E-state index contributed by atoms with van der Waals surface area (Å²) < 4.78 is 0. The Labute approximate surface area is 137 Å². The van der Waals surface area contributed by atoms with Crippen LogP contribution in [-0.2, 0) is 13.0 Å². The zero-order chi connectivity index (χ0) is 16.0. The van der Waals surface area contributed by atoms with Crippen LogP contribution in [0, 0.1) is 25.7 Å². The molecule has 4 rings (SSSR count). The topological polar surface area (TPSA) is 36.1 Å². The van der Waals surface area contributed by atoms with E-state index in [1.54, 1.807) is 0 Å². The Balaban J connectivity index is 1.55. The molecule has 1 N–H and O–H groups in total. The van der Waals surface area contributed by atoms with Gasteiger partial charge in [0.25, 0.3) is 0 Å². The highest BCUT2D eigenvalue weighted by Gasteiger charge is 2.40. The summed E-state index contributed by atoms with van der Waals surface area (Å²) in [4.78, 5) is 18.9. The Bertz CT molecular complexity index is 732. The number of hydrogen-bond acceptors (Lipinski definition) is 2. The van der Waals surface area contributed by atoms with E-state index in [9.17, 15) is 4.79 Å². The van der Waals surface area contributed by atoms with Crippen LogP contribution in [0.15, 0.2) is 30.3 Å². The summed E-state index contributed by atoms with van der Waals surface area (Å²) >= 11 is 0. The summed E-state index contributed by atoms with van der Waals surface area (Å²) in [6.07, 6.45) is 2.17. The van der Waals surface area contributed by atoms with E-state index in [0.717, 1.165) is 49.3 Å². The number of rotatable bonds is 2. The minimum absolute atomic E-state index is 0.175. The molecule has 2 heterocycles. The second kappa shape index (κ2) is 5.64. The lowest BCUT2D eigenvalue weighted by molar-refractivity contribution is 0.0645. The molecule has 0 saturated carbocycles. The first kappa shape index (κ1) is 14.7. The predicted octanol–water partition coefficient (Wildman–Crippen LogP) is 3.51. The van der Waals surface area contributed by atoms with E-state index >= 15 is 0 Å². The van der Waals surface area contributed by atoms with Crippen LogP contribution in [0.2, 0.25) is 0 Å². The van der Waals surface area contributed by atoms with Crippen LogP contribution >= 0.6 is 0 Å². The van der Waals surface area contributed by atoms with Gasteiger partial charge in [-0.25, -0.2) is 0 Å². The third-order valence-electron chi connectivity index (χ3n) is 5.72. The molecule has 0 unspecified atom stereocenters. The first-order valence-electron chi connectivity index (χ1n) is 8.62. The van der Waals surface area contributed by atoms with Crippen LogP contribution in [0.5, 0.6) is 0 Å². The maximum Gasteiger partial charge on any atom is 0.169 e. The molecule has 1 aromatic carbocycles. The van der Waals surface area contributed by atoms with Crippen LogP contribution in [0.4, 0.5) is 0 Å². The Morgan fingerprint density at radius 2 is 2.00 bits per heavy atom. The van der Waals surface area contributed by atoms with Crippen molar-refractivity contribution >= 4 is 5.78 Å². The van der Waals surface area contributed by atoms with E-state index < -0.39 is 0 Å². The molecule has 23 heavy (non-hydrogen) atoms. The fourth-order valence-corrected chi connectivity index (χ4v) is 4.33. The van der Waals surface area contributed by atoms with Crippen LogP contribution in [-0.4, -0.2) is 28.8 Å². The number of nitrogens with zero attached hydrogens (tertiary/aromatic N) is 1. The molecular weight excluding hydrogens is 284 g/mol. The molecule has 120 valence electrons. The standard InChI is InChI=1S/C20H24N2O/c1-13-14(2)21-18-10-16-8-9-22(11-15-6-4-3-5-7-15)12-17(16)20(23)19(13)18/h3-7,16-17,21H,8-12H2,1-2H3/t16-,17+/m0/s1. The maximum atomic E-state index is 13.0. The number of carbonyl (C=O) groups is 1. The number of likely N-dealkylation sites (tertiary alicyclic amines) is 1. The van der Waals surface area contributed by atoms with Crippen LogP contribution in [0.1, 0.15) is 39.3 Å². The van der Waals surface area contributed by atoms with E-state index in [-0.39, 0.29) is 5.92 Å². The molecule has 1 aromatic heterocycles. The van der Waals surface area contributed by atoms with Gasteiger partial charge in [-0.05, 0) is 50.3 Å². The fraction of sp³-hybridized carbons (Fsp3) is 0.450. The normalized spacial score (nSPS) is 24.3. The van der Waals surface area contributed by atoms with Crippen molar-refractivity contribution in [2.24, 2.45) is 11.8 Å². The quantitative estimate of drug-likeness (QED) is 0.921. The zero-order valence-electron chi connectivity index (χ0n) is 13.9. The van der Waals surface area contributed by atoms with Gasteiger partial charge < -0.3 is 4.98 Å². The van der Waals surface area contributed by atoms with Gasteiger partial charge in [0, 0.05) is 36.0 Å². The van der Waals surface area contributed by atoms with Crippen molar-refractivity contribution in [1.29, 1.82) is 0 Å². The Hall–Kier alpha value is -1.87. The third kappa shape index (κ3) is 2.53. The van der Waals surface area contributed by atoms with E-state index in [2.05, 4.69) is 54.1 Å². The molecule has 3 heteroatoms. The Kier molecular flexibility index (Phi) is 3.61. The molecule has 2 atom stereocenters. The number of aromatic nitrogens is 1. The monoisotopic (exact) mass is 308 g/mol. The molecule has 3 nitrogen and oxygen atoms in total. The number of benzene rings is 1. The summed E-state index contributed by atoms with van der Waals surface area (Å²) in [5.41, 5.74) is 5.82. The van der Waals surface area contributed by atoms with Gasteiger partial charge in [0.15, 0.2) is 5.78 Å². The van der Waals surface area contributed by atoms with Crippen molar-refractivity contribution in [3.05, 3.63) is 58.4 Å². The minimum Gasteiger partial charge on any atom is -0.362 e. The number of H-pyrrole nitrogens is 1. The van der Waals surface area contributed by atoms with Gasteiger partial charge >= 0.3 is 0 Å². The lowest BCUT2D eigenvalue weighted by Gasteiger charge is -2.40. The number of fused-ring (bicyclic) bond motifs is 2. The third-order valence-corrected chi connectivity index (χ3v) is 5.72. The number of piperidine rings is 1. The Morgan fingerprint density at radius 1 is 1.22 bits per heavy atom. The second-order valence-corrected chi connectivity index (χ2v) is 7.17. The van der Waals surface area contributed by atoms with Gasteiger partial charge in [0.1, 0.15) is 0 Å². The molecule has 1 saturated heterocycles. The predicted molar refractivity (Wildman–Crippen MR) is 91.6 cm³/mol. The van der Waals surface area contributed by atoms with Gasteiger partial charge in [-0.2, -0.15) is 0 Å². The molecule has 0 radical (unpaired) electrons. The summed E-state index contributed by atoms with van der Waals surface area (Å²) in [6.45, 7) is 7.11. The van der Waals surface area contributed by atoms with Gasteiger partial charge in [-0.3, -0.25) is 9.69 Å². The molecule has 2 aromatic rings. The van der Waals surface area contributed by atoms with E-state index in [1.165, 1.54) is 11.3 Å². The number of hydrogen-bond donors (Lipinski definition) is 1. The number of nitrogens with one attached hydrogen (secondary N) is 1. The number of aryl methyl sites for hydroxylation is 1. The highest BCUT2D eigenvalue weighted by molar-refractivity contribution is 6.02. The number of aromatic amines is 1. The number of carbonyl (C=O) groups excluding carboxylic acids is 1. The molecule has 1 aliphatic carbocycles. The molecule has 0 spiro atoms. The van der Waals surface area contributed by atoms with Gasteiger partial charge in [0.2, 0.25) is 0 Å². The first-order valence-corrected chi connectivity index (χ1v) is 8.62. The van der Waals surface area contributed by atoms with Crippen molar-refractivity contribution in [2.45, 2.75) is 33.2 Å². The van der Waals surface area contributed by atoms with E-state index in [1.807, 2.05) is 0 Å². The van der Waals surface area contributed by atoms with Crippen LogP contribution in [0.25, 0.3) is 0 Å². The van der Waals surface area contributed by atoms with Gasteiger partial charge in [0.05, 0.1) is 0 Å². The molecule has 0 bridgehead atoms. The first-order chi connectivity index (χ1) is 11.1. The largest absolute Gasteiger partial charge is 0.362 e. The average molecular weight is 308 g/mol. The smallest absolute Gasteiger partial charge is 0.169 e. The second-order valence-electron chi connectivity index (χ2n) is 7.17. The lowest BCUT2D eigenvalue weighted by Crippen LogP contribution is -2.46. The molecule has 1 aliphatic heterocycles. The highest BCUT2D eigenvalue weighted by Crippen LogP contribution is 2.37. The van der Waals surface area contributed by atoms with Gasteiger partial charge in [-0.15, -0.1) is 0 Å². The van der Waals surface area contributed by atoms with Crippen molar-refractivity contribution in [3.63, 3.8) is 0 Å². The average Bonchev–Trinajstić information content (AvgIpc) is 2.84. The maximum absolute atomic E-state index is 13.0. The van der Waals surface area contributed by atoms with E-state index in [0.29, 0.717) is 11.7 Å². The summed E-state index contributed by atoms with van der Waals surface area (Å²) in [7, 11) is 0. The minimum atomic E-state index is 0.175. The summed E-state index contributed by atoms with van der Waals surface area (Å²) in [6, 6.07) is 10.6. The summed E-state index contributed by atoms with van der Waals surface area (Å²) in [5, 5.41) is 0. The van der Waals surface area contributed by atoms with Crippen molar-refractivity contribution < 1.29 is 4.79 Å². The van der Waals surface area contributed by atoms with Crippen molar-refractivity contribution in [2.75, 3.05) is 13.1 Å². The highest BCUT2D eigenvalue weighted by atomic mass is 16.1. The fourth-order valence-electron chi connectivity index (χ4n) is 4.33. The van der Waals surface area contributed by atoms with E-state index in [4.69, 9.17) is 0 Å². The molecular formula is C20H24N2O. The Morgan fingerprint density at radius 3 is 2.78 bits per heavy atom.